The van der Waals surface area contributed by atoms with Crippen LogP contribution in [0.15, 0.2) is 24.3 Å². The Kier molecular flexibility index (Phi) is 6.15. The number of hydrogen-bond acceptors (Lipinski definition) is 3. The zero-order valence-electron chi connectivity index (χ0n) is 12.8. The second-order valence-corrected chi connectivity index (χ2v) is 5.97. The summed E-state index contributed by atoms with van der Waals surface area (Å²) in [6, 6.07) is 7.10. The fourth-order valence-electron chi connectivity index (χ4n) is 3.50. The van der Waals surface area contributed by atoms with Crippen LogP contribution in [0.3, 0.4) is 0 Å². The molecule has 118 valence electrons. The van der Waals surface area contributed by atoms with Crippen molar-refractivity contribution in [3.63, 3.8) is 0 Å². The summed E-state index contributed by atoms with van der Waals surface area (Å²) < 4.78 is 13.6. The van der Waals surface area contributed by atoms with Crippen molar-refractivity contribution in [2.75, 3.05) is 13.2 Å². The zero-order valence-corrected chi connectivity index (χ0v) is 12.8. The van der Waals surface area contributed by atoms with Gasteiger partial charge in [0.1, 0.15) is 5.82 Å². The quantitative estimate of drug-likeness (QED) is 0.813. The van der Waals surface area contributed by atoms with Crippen molar-refractivity contribution in [2.24, 2.45) is 5.73 Å². The van der Waals surface area contributed by atoms with Gasteiger partial charge in [0.05, 0.1) is 12.6 Å². The van der Waals surface area contributed by atoms with Crippen molar-refractivity contribution in [3.8, 4) is 0 Å². The van der Waals surface area contributed by atoms with E-state index in [-0.39, 0.29) is 24.5 Å². The minimum Gasteiger partial charge on any atom is -0.395 e. The number of halogens is 1. The Balaban J connectivity index is 2.31. The lowest BCUT2D eigenvalue weighted by Gasteiger charge is -2.39. The highest BCUT2D eigenvalue weighted by atomic mass is 19.1. The van der Waals surface area contributed by atoms with E-state index in [2.05, 4.69) is 11.8 Å². The Morgan fingerprint density at radius 2 is 2.10 bits per heavy atom. The summed E-state index contributed by atoms with van der Waals surface area (Å²) in [5.41, 5.74) is 7.27. The highest BCUT2D eigenvalue weighted by molar-refractivity contribution is 5.22. The number of rotatable bonds is 7. The SMILES string of the molecule is CCC(N)C(c1cccc(F)c1)N(CCO)C1CCCC1. The van der Waals surface area contributed by atoms with E-state index in [4.69, 9.17) is 5.73 Å². The first-order chi connectivity index (χ1) is 10.2. The van der Waals surface area contributed by atoms with E-state index in [0.717, 1.165) is 24.8 Å². The first kappa shape index (κ1) is 16.4. The fourth-order valence-corrected chi connectivity index (χ4v) is 3.50. The monoisotopic (exact) mass is 294 g/mol. The maximum atomic E-state index is 13.6. The predicted octanol–water partition coefficient (Wildman–Crippen LogP) is 2.84. The van der Waals surface area contributed by atoms with Crippen LogP contribution in [0.4, 0.5) is 4.39 Å². The highest BCUT2D eigenvalue weighted by Gasteiger charge is 2.32. The van der Waals surface area contributed by atoms with E-state index in [1.165, 1.54) is 18.9 Å². The Morgan fingerprint density at radius 3 is 2.67 bits per heavy atom. The molecule has 1 aromatic rings. The van der Waals surface area contributed by atoms with E-state index >= 15 is 0 Å². The molecule has 2 rings (SSSR count). The van der Waals surface area contributed by atoms with Crippen LogP contribution in [0.25, 0.3) is 0 Å². The van der Waals surface area contributed by atoms with Gasteiger partial charge in [0.2, 0.25) is 0 Å². The number of aliphatic hydroxyl groups is 1. The summed E-state index contributed by atoms with van der Waals surface area (Å²) in [4.78, 5) is 2.30. The molecule has 0 heterocycles. The molecule has 1 aromatic carbocycles. The number of benzene rings is 1. The molecular formula is C17H27FN2O. The lowest BCUT2D eigenvalue weighted by Crippen LogP contribution is -2.46. The van der Waals surface area contributed by atoms with Gasteiger partial charge >= 0.3 is 0 Å². The maximum Gasteiger partial charge on any atom is 0.123 e. The fraction of sp³-hybridized carbons (Fsp3) is 0.647. The van der Waals surface area contributed by atoms with Gasteiger partial charge in [0.15, 0.2) is 0 Å². The Morgan fingerprint density at radius 1 is 1.38 bits per heavy atom. The molecule has 3 N–H and O–H groups in total. The molecule has 4 heteroatoms. The Bertz CT molecular complexity index is 435. The van der Waals surface area contributed by atoms with E-state index in [1.54, 1.807) is 12.1 Å². The van der Waals surface area contributed by atoms with E-state index in [0.29, 0.717) is 12.6 Å². The average Bonchev–Trinajstić information content (AvgIpc) is 3.00. The number of nitrogens with two attached hydrogens (primary N) is 1. The van der Waals surface area contributed by atoms with Gasteiger partial charge in [0, 0.05) is 18.6 Å². The molecular weight excluding hydrogens is 267 g/mol. The van der Waals surface area contributed by atoms with E-state index in [9.17, 15) is 9.50 Å². The van der Waals surface area contributed by atoms with Crippen LogP contribution in [-0.4, -0.2) is 35.2 Å². The lowest BCUT2D eigenvalue weighted by atomic mass is 9.94. The van der Waals surface area contributed by atoms with Crippen molar-refractivity contribution in [2.45, 2.75) is 57.2 Å². The molecule has 0 bridgehead atoms. The summed E-state index contributed by atoms with van der Waals surface area (Å²) in [5.74, 6) is -0.226. The molecule has 0 radical (unpaired) electrons. The molecule has 1 aliphatic carbocycles. The average molecular weight is 294 g/mol. The van der Waals surface area contributed by atoms with Crippen LogP contribution in [0, 0.1) is 5.82 Å². The summed E-state index contributed by atoms with van der Waals surface area (Å²) in [7, 11) is 0. The summed E-state index contributed by atoms with van der Waals surface area (Å²) in [5, 5.41) is 9.45. The summed E-state index contributed by atoms with van der Waals surface area (Å²) in [6.07, 6.45) is 5.56. The molecule has 3 nitrogen and oxygen atoms in total. The molecule has 0 aliphatic heterocycles. The van der Waals surface area contributed by atoms with Gasteiger partial charge in [-0.15, -0.1) is 0 Å². The van der Waals surface area contributed by atoms with E-state index < -0.39 is 0 Å². The third-order valence-corrected chi connectivity index (χ3v) is 4.58. The third kappa shape index (κ3) is 4.02. The van der Waals surface area contributed by atoms with Gasteiger partial charge in [-0.3, -0.25) is 4.90 Å². The van der Waals surface area contributed by atoms with Crippen molar-refractivity contribution in [3.05, 3.63) is 35.6 Å². The second-order valence-electron chi connectivity index (χ2n) is 5.97. The van der Waals surface area contributed by atoms with Crippen LogP contribution >= 0.6 is 0 Å². The van der Waals surface area contributed by atoms with Crippen LogP contribution in [-0.2, 0) is 0 Å². The molecule has 1 aliphatic rings. The normalized spacial score (nSPS) is 19.1. The number of nitrogens with zero attached hydrogens (tertiary/aromatic N) is 1. The van der Waals surface area contributed by atoms with Crippen molar-refractivity contribution in [1.82, 2.24) is 4.90 Å². The van der Waals surface area contributed by atoms with Crippen LogP contribution in [0.5, 0.6) is 0 Å². The highest BCUT2D eigenvalue weighted by Crippen LogP contribution is 2.33. The lowest BCUT2D eigenvalue weighted by molar-refractivity contribution is 0.0880. The molecule has 0 aromatic heterocycles. The first-order valence-corrected chi connectivity index (χ1v) is 8.05. The first-order valence-electron chi connectivity index (χ1n) is 8.05. The third-order valence-electron chi connectivity index (χ3n) is 4.58. The minimum atomic E-state index is -0.226. The number of aliphatic hydroxyl groups excluding tert-OH is 1. The Labute approximate surface area is 126 Å². The van der Waals surface area contributed by atoms with E-state index in [1.807, 2.05) is 6.07 Å². The predicted molar refractivity (Wildman–Crippen MR) is 83.5 cm³/mol. The molecule has 1 saturated carbocycles. The van der Waals surface area contributed by atoms with Crippen molar-refractivity contribution in [1.29, 1.82) is 0 Å². The largest absolute Gasteiger partial charge is 0.395 e. The summed E-state index contributed by atoms with van der Waals surface area (Å²) >= 11 is 0. The molecule has 21 heavy (non-hydrogen) atoms. The van der Waals surface area contributed by atoms with Crippen molar-refractivity contribution >= 4 is 0 Å². The van der Waals surface area contributed by atoms with Crippen LogP contribution in [0.2, 0.25) is 0 Å². The standard InChI is InChI=1S/C17H27FN2O/c1-2-16(19)17(13-6-5-7-14(18)12-13)20(10-11-21)15-8-3-4-9-15/h5-7,12,15-17,21H,2-4,8-11,19H2,1H3. The Hall–Kier alpha value is -0.970. The van der Waals surface area contributed by atoms with Gasteiger partial charge in [-0.2, -0.15) is 0 Å². The second kappa shape index (κ2) is 7.87. The molecule has 0 spiro atoms. The van der Waals surface area contributed by atoms with Crippen molar-refractivity contribution < 1.29 is 9.50 Å². The van der Waals surface area contributed by atoms with Crippen LogP contribution in [0.1, 0.15) is 50.6 Å². The molecule has 0 amide bonds. The molecule has 0 saturated heterocycles. The topological polar surface area (TPSA) is 49.5 Å². The van der Waals surface area contributed by atoms with Gasteiger partial charge in [0.25, 0.3) is 0 Å². The zero-order chi connectivity index (χ0) is 15.2. The van der Waals surface area contributed by atoms with Gasteiger partial charge in [-0.1, -0.05) is 31.9 Å². The maximum absolute atomic E-state index is 13.6. The molecule has 2 atom stereocenters. The minimum absolute atomic E-state index is 0.0269. The molecule has 1 fully saturated rings. The van der Waals surface area contributed by atoms with Gasteiger partial charge < -0.3 is 10.8 Å². The number of hydrogen-bond donors (Lipinski definition) is 2. The van der Waals surface area contributed by atoms with Crippen LogP contribution < -0.4 is 5.73 Å². The summed E-state index contributed by atoms with van der Waals surface area (Å²) in [6.45, 7) is 2.76. The smallest absolute Gasteiger partial charge is 0.123 e. The van der Waals surface area contributed by atoms with Gasteiger partial charge in [-0.25, -0.2) is 4.39 Å². The molecule has 2 unspecified atom stereocenters. The van der Waals surface area contributed by atoms with Gasteiger partial charge in [-0.05, 0) is 37.0 Å².